The summed E-state index contributed by atoms with van der Waals surface area (Å²) in [5.74, 6) is 1.78. The quantitative estimate of drug-likeness (QED) is 0.768. The van der Waals surface area contributed by atoms with Gasteiger partial charge in [0.1, 0.15) is 0 Å². The van der Waals surface area contributed by atoms with Gasteiger partial charge in [-0.15, -0.1) is 0 Å². The van der Waals surface area contributed by atoms with Crippen molar-refractivity contribution in [1.82, 2.24) is 0 Å². The van der Waals surface area contributed by atoms with Gasteiger partial charge >= 0.3 is 0 Å². The third-order valence-corrected chi connectivity index (χ3v) is 5.71. The summed E-state index contributed by atoms with van der Waals surface area (Å²) in [6.07, 6.45) is 14.1. The molecule has 1 heteroatoms. The van der Waals surface area contributed by atoms with E-state index in [0.717, 1.165) is 11.8 Å². The van der Waals surface area contributed by atoms with Crippen molar-refractivity contribution in [1.29, 1.82) is 0 Å². The van der Waals surface area contributed by atoms with E-state index >= 15 is 0 Å². The molecule has 2 aliphatic carbocycles. The first kappa shape index (κ1) is 13.4. The highest BCUT2D eigenvalue weighted by Crippen LogP contribution is 2.44. The minimum atomic E-state index is 0.457. The molecule has 2 N–H and O–H groups in total. The van der Waals surface area contributed by atoms with Crippen molar-refractivity contribution in [2.45, 2.75) is 84.1 Å². The fourth-order valence-electron chi connectivity index (χ4n) is 4.29. The molecular formula is C16H31N. The lowest BCUT2D eigenvalue weighted by Gasteiger charge is -2.45. The van der Waals surface area contributed by atoms with E-state index in [0.29, 0.717) is 11.5 Å². The Hall–Kier alpha value is -0.0400. The Kier molecular flexibility index (Phi) is 4.52. The average molecular weight is 237 g/mol. The standard InChI is InChI=1S/C16H31N/c1-3-13-8-7-9-14(12-13)15(17)16(2)10-5-4-6-11-16/h13-15H,3-12,17H2,1-2H3. The van der Waals surface area contributed by atoms with Crippen molar-refractivity contribution in [3.05, 3.63) is 0 Å². The third-order valence-electron chi connectivity index (χ3n) is 5.71. The van der Waals surface area contributed by atoms with E-state index in [9.17, 15) is 0 Å². The lowest BCUT2D eigenvalue weighted by molar-refractivity contribution is 0.0965. The molecule has 2 fully saturated rings. The van der Waals surface area contributed by atoms with Gasteiger partial charge < -0.3 is 5.73 Å². The molecule has 1 nitrogen and oxygen atoms in total. The van der Waals surface area contributed by atoms with E-state index < -0.39 is 0 Å². The first-order valence-electron chi connectivity index (χ1n) is 7.91. The summed E-state index contributed by atoms with van der Waals surface area (Å²) in [7, 11) is 0. The molecule has 0 saturated heterocycles. The number of rotatable bonds is 3. The van der Waals surface area contributed by atoms with Crippen molar-refractivity contribution >= 4 is 0 Å². The number of hydrogen-bond acceptors (Lipinski definition) is 1. The van der Waals surface area contributed by atoms with Gasteiger partial charge in [-0.05, 0) is 42.9 Å². The second-order valence-corrected chi connectivity index (χ2v) is 6.94. The summed E-state index contributed by atoms with van der Waals surface area (Å²) in [5, 5.41) is 0. The van der Waals surface area contributed by atoms with Gasteiger partial charge in [0.05, 0.1) is 0 Å². The van der Waals surface area contributed by atoms with Crippen LogP contribution in [0.5, 0.6) is 0 Å². The Morgan fingerprint density at radius 3 is 2.47 bits per heavy atom. The largest absolute Gasteiger partial charge is 0.327 e. The van der Waals surface area contributed by atoms with Gasteiger partial charge in [0.2, 0.25) is 0 Å². The fourth-order valence-corrected chi connectivity index (χ4v) is 4.29. The Balaban J connectivity index is 1.95. The molecule has 3 atom stereocenters. The van der Waals surface area contributed by atoms with Crippen LogP contribution in [0.25, 0.3) is 0 Å². The molecule has 0 aromatic carbocycles. The molecule has 0 aromatic rings. The molecule has 2 saturated carbocycles. The fraction of sp³-hybridized carbons (Fsp3) is 1.00. The van der Waals surface area contributed by atoms with Crippen LogP contribution in [-0.4, -0.2) is 6.04 Å². The molecular weight excluding hydrogens is 206 g/mol. The van der Waals surface area contributed by atoms with Gasteiger partial charge in [0.15, 0.2) is 0 Å². The number of nitrogens with two attached hydrogens (primary N) is 1. The van der Waals surface area contributed by atoms with E-state index in [1.807, 2.05) is 0 Å². The number of hydrogen-bond donors (Lipinski definition) is 1. The van der Waals surface area contributed by atoms with E-state index in [1.165, 1.54) is 64.2 Å². The molecule has 0 heterocycles. The summed E-state index contributed by atoms with van der Waals surface area (Å²) in [6.45, 7) is 4.81. The summed E-state index contributed by atoms with van der Waals surface area (Å²) in [4.78, 5) is 0. The van der Waals surface area contributed by atoms with Crippen molar-refractivity contribution in [3.63, 3.8) is 0 Å². The van der Waals surface area contributed by atoms with Crippen molar-refractivity contribution in [2.75, 3.05) is 0 Å². The highest BCUT2D eigenvalue weighted by Gasteiger charge is 2.38. The Morgan fingerprint density at radius 1 is 1.12 bits per heavy atom. The predicted octanol–water partition coefficient (Wildman–Crippen LogP) is 4.50. The van der Waals surface area contributed by atoms with Gasteiger partial charge in [-0.3, -0.25) is 0 Å². The summed E-state index contributed by atoms with van der Waals surface area (Å²) in [5.41, 5.74) is 7.13. The highest BCUT2D eigenvalue weighted by atomic mass is 14.7. The second-order valence-electron chi connectivity index (χ2n) is 6.94. The molecule has 2 aliphatic rings. The molecule has 2 rings (SSSR count). The maximum absolute atomic E-state index is 6.67. The molecule has 3 unspecified atom stereocenters. The maximum Gasteiger partial charge on any atom is 0.0121 e. The van der Waals surface area contributed by atoms with Crippen LogP contribution in [0, 0.1) is 17.3 Å². The molecule has 100 valence electrons. The average Bonchev–Trinajstić information content (AvgIpc) is 2.39. The van der Waals surface area contributed by atoms with Crippen molar-refractivity contribution in [2.24, 2.45) is 23.0 Å². The van der Waals surface area contributed by atoms with Gasteiger partial charge in [-0.1, -0.05) is 52.4 Å². The highest BCUT2D eigenvalue weighted by molar-refractivity contribution is 4.93. The van der Waals surface area contributed by atoms with Crippen LogP contribution in [0.3, 0.4) is 0 Å². The predicted molar refractivity (Wildman–Crippen MR) is 74.9 cm³/mol. The van der Waals surface area contributed by atoms with Crippen LogP contribution in [-0.2, 0) is 0 Å². The second kappa shape index (κ2) is 5.73. The normalized spacial score (nSPS) is 35.5. The molecule has 0 aliphatic heterocycles. The van der Waals surface area contributed by atoms with Gasteiger partial charge in [-0.2, -0.15) is 0 Å². The lowest BCUT2D eigenvalue weighted by Crippen LogP contribution is -2.47. The first-order chi connectivity index (χ1) is 8.15. The molecule has 0 spiro atoms. The van der Waals surface area contributed by atoms with Crippen LogP contribution in [0.1, 0.15) is 78.1 Å². The van der Waals surface area contributed by atoms with Gasteiger partial charge in [0.25, 0.3) is 0 Å². The Morgan fingerprint density at radius 2 is 1.82 bits per heavy atom. The van der Waals surface area contributed by atoms with Gasteiger partial charge in [-0.25, -0.2) is 0 Å². The van der Waals surface area contributed by atoms with Crippen LogP contribution in [0.4, 0.5) is 0 Å². The van der Waals surface area contributed by atoms with E-state index in [2.05, 4.69) is 13.8 Å². The molecule has 0 amide bonds. The molecule has 0 bridgehead atoms. The zero-order valence-electron chi connectivity index (χ0n) is 11.9. The van der Waals surface area contributed by atoms with E-state index in [1.54, 1.807) is 0 Å². The van der Waals surface area contributed by atoms with E-state index in [4.69, 9.17) is 5.73 Å². The summed E-state index contributed by atoms with van der Waals surface area (Å²) < 4.78 is 0. The summed E-state index contributed by atoms with van der Waals surface area (Å²) >= 11 is 0. The Labute approximate surface area is 108 Å². The van der Waals surface area contributed by atoms with Gasteiger partial charge in [0, 0.05) is 6.04 Å². The zero-order valence-corrected chi connectivity index (χ0v) is 11.9. The minimum Gasteiger partial charge on any atom is -0.327 e. The van der Waals surface area contributed by atoms with Crippen molar-refractivity contribution in [3.8, 4) is 0 Å². The van der Waals surface area contributed by atoms with Crippen LogP contribution < -0.4 is 5.73 Å². The monoisotopic (exact) mass is 237 g/mol. The van der Waals surface area contributed by atoms with Crippen LogP contribution in [0.15, 0.2) is 0 Å². The van der Waals surface area contributed by atoms with Crippen LogP contribution >= 0.6 is 0 Å². The summed E-state index contributed by atoms with van der Waals surface area (Å²) in [6, 6.07) is 0.470. The molecule has 0 aromatic heterocycles. The van der Waals surface area contributed by atoms with E-state index in [-0.39, 0.29) is 0 Å². The maximum atomic E-state index is 6.67. The SMILES string of the molecule is CCC1CCCC(C(N)C2(C)CCCCC2)C1. The zero-order chi connectivity index (χ0) is 12.3. The third kappa shape index (κ3) is 3.05. The molecule has 17 heavy (non-hydrogen) atoms. The Bertz CT molecular complexity index is 230. The molecule has 0 radical (unpaired) electrons. The van der Waals surface area contributed by atoms with Crippen LogP contribution in [0.2, 0.25) is 0 Å². The topological polar surface area (TPSA) is 26.0 Å². The van der Waals surface area contributed by atoms with Crippen molar-refractivity contribution < 1.29 is 0 Å². The minimum absolute atomic E-state index is 0.457. The first-order valence-corrected chi connectivity index (χ1v) is 7.91. The lowest BCUT2D eigenvalue weighted by atomic mass is 9.63. The smallest absolute Gasteiger partial charge is 0.0121 e.